The summed E-state index contributed by atoms with van der Waals surface area (Å²) in [4.78, 5) is 10.8. The van der Waals surface area contributed by atoms with Crippen LogP contribution in [0.25, 0.3) is 0 Å². The molecule has 0 spiro atoms. The van der Waals surface area contributed by atoms with E-state index in [0.29, 0.717) is 59.5 Å². The molecular weight excluding hydrogens is 340 g/mol. The third-order valence-corrected chi connectivity index (χ3v) is 2.99. The van der Waals surface area contributed by atoms with E-state index in [1.807, 2.05) is 30.3 Å². The van der Waals surface area contributed by atoms with Gasteiger partial charge in [-0.15, -0.1) is 0 Å². The molecule has 1 aromatic rings. The van der Waals surface area contributed by atoms with Crippen molar-refractivity contribution in [1.82, 2.24) is 0 Å². The van der Waals surface area contributed by atoms with Crippen LogP contribution in [0, 0.1) is 0 Å². The maximum absolute atomic E-state index is 10.8. The molecule has 1 aromatic carbocycles. The van der Waals surface area contributed by atoms with Crippen LogP contribution < -0.4 is 4.74 Å². The van der Waals surface area contributed by atoms with Gasteiger partial charge in [-0.1, -0.05) is 24.8 Å². The van der Waals surface area contributed by atoms with Gasteiger partial charge in [-0.3, -0.25) is 0 Å². The number of rotatable bonds is 17. The summed E-state index contributed by atoms with van der Waals surface area (Å²) in [5.74, 6) is 0.390. The zero-order chi connectivity index (χ0) is 18.7. The van der Waals surface area contributed by atoms with Crippen LogP contribution in [0.1, 0.15) is 0 Å². The van der Waals surface area contributed by atoms with Gasteiger partial charge in [0.05, 0.1) is 52.9 Å². The predicted molar refractivity (Wildman–Crippen MR) is 96.4 cm³/mol. The molecule has 0 N–H and O–H groups in total. The SMILES string of the molecule is C=CC(=O)OCCOCCOCCOCCOCCOc1ccccc1. The Morgan fingerprint density at radius 2 is 1.19 bits per heavy atom. The number of esters is 1. The average Bonchev–Trinajstić information content (AvgIpc) is 2.68. The molecule has 7 nitrogen and oxygen atoms in total. The first kappa shape index (κ1) is 22.1. The molecule has 7 heteroatoms. The minimum absolute atomic E-state index is 0.213. The monoisotopic (exact) mass is 368 g/mol. The first-order valence-corrected chi connectivity index (χ1v) is 8.61. The molecule has 0 atom stereocenters. The van der Waals surface area contributed by atoms with E-state index in [0.717, 1.165) is 11.8 Å². The highest BCUT2D eigenvalue weighted by Crippen LogP contribution is 2.07. The molecule has 0 fully saturated rings. The van der Waals surface area contributed by atoms with Gasteiger partial charge in [0.25, 0.3) is 0 Å². The Hall–Kier alpha value is -1.93. The van der Waals surface area contributed by atoms with Crippen LogP contribution >= 0.6 is 0 Å². The minimum atomic E-state index is -0.449. The van der Waals surface area contributed by atoms with Crippen molar-refractivity contribution in [3.63, 3.8) is 0 Å². The van der Waals surface area contributed by atoms with E-state index in [1.165, 1.54) is 0 Å². The van der Waals surface area contributed by atoms with Gasteiger partial charge in [0.15, 0.2) is 0 Å². The number of hydrogen-bond donors (Lipinski definition) is 0. The Morgan fingerprint density at radius 3 is 1.69 bits per heavy atom. The van der Waals surface area contributed by atoms with Crippen LogP contribution in [0.4, 0.5) is 0 Å². The summed E-state index contributed by atoms with van der Waals surface area (Å²) >= 11 is 0. The lowest BCUT2D eigenvalue weighted by Crippen LogP contribution is -2.14. The number of hydrogen-bond acceptors (Lipinski definition) is 7. The summed E-state index contributed by atoms with van der Waals surface area (Å²) < 4.78 is 31.6. The normalized spacial score (nSPS) is 10.5. The first-order chi connectivity index (χ1) is 12.8. The van der Waals surface area contributed by atoms with Gasteiger partial charge in [-0.05, 0) is 12.1 Å². The zero-order valence-electron chi connectivity index (χ0n) is 15.1. The van der Waals surface area contributed by atoms with Gasteiger partial charge in [-0.2, -0.15) is 0 Å². The van der Waals surface area contributed by atoms with Crippen molar-refractivity contribution in [1.29, 1.82) is 0 Å². The Morgan fingerprint density at radius 1 is 0.731 bits per heavy atom. The minimum Gasteiger partial charge on any atom is -0.491 e. The van der Waals surface area contributed by atoms with E-state index < -0.39 is 5.97 Å². The fraction of sp³-hybridized carbons (Fsp3) is 0.526. The number of carbonyl (C=O) groups is 1. The molecule has 146 valence electrons. The van der Waals surface area contributed by atoms with Crippen molar-refractivity contribution in [2.75, 3.05) is 66.1 Å². The maximum atomic E-state index is 10.8. The van der Waals surface area contributed by atoms with Crippen molar-refractivity contribution in [3.05, 3.63) is 43.0 Å². The average molecular weight is 368 g/mol. The summed E-state index contributed by atoms with van der Waals surface area (Å²) in [5.41, 5.74) is 0. The van der Waals surface area contributed by atoms with Crippen molar-refractivity contribution < 1.29 is 33.2 Å². The summed E-state index contributed by atoms with van der Waals surface area (Å²) in [6.07, 6.45) is 1.12. The molecule has 0 aliphatic carbocycles. The molecule has 0 radical (unpaired) electrons. The van der Waals surface area contributed by atoms with Gasteiger partial charge < -0.3 is 28.4 Å². The Kier molecular flexibility index (Phi) is 14.1. The van der Waals surface area contributed by atoms with Crippen LogP contribution in [0.3, 0.4) is 0 Å². The fourth-order valence-electron chi connectivity index (χ4n) is 1.76. The molecule has 0 saturated heterocycles. The molecule has 0 aliphatic heterocycles. The Balaban J connectivity index is 1.72. The second-order valence-corrected chi connectivity index (χ2v) is 4.98. The van der Waals surface area contributed by atoms with Crippen molar-refractivity contribution in [2.45, 2.75) is 0 Å². The van der Waals surface area contributed by atoms with Gasteiger partial charge in [0.2, 0.25) is 0 Å². The van der Waals surface area contributed by atoms with Crippen LogP contribution in [0.15, 0.2) is 43.0 Å². The summed E-state index contributed by atoms with van der Waals surface area (Å²) in [6.45, 7) is 7.82. The smallest absolute Gasteiger partial charge is 0.330 e. The second-order valence-electron chi connectivity index (χ2n) is 4.98. The first-order valence-electron chi connectivity index (χ1n) is 8.61. The quantitative estimate of drug-likeness (QED) is 0.236. The number of ether oxygens (including phenoxy) is 6. The number of para-hydroxylation sites is 1. The lowest BCUT2D eigenvalue weighted by Gasteiger charge is -2.08. The highest BCUT2D eigenvalue weighted by molar-refractivity contribution is 5.81. The third kappa shape index (κ3) is 13.4. The highest BCUT2D eigenvalue weighted by atomic mass is 16.6. The molecular formula is C19H28O7. The fourth-order valence-corrected chi connectivity index (χ4v) is 1.76. The molecule has 0 amide bonds. The highest BCUT2D eigenvalue weighted by Gasteiger charge is 1.96. The van der Waals surface area contributed by atoms with E-state index in [4.69, 9.17) is 28.4 Å². The molecule has 0 bridgehead atoms. The van der Waals surface area contributed by atoms with Gasteiger partial charge in [0, 0.05) is 6.08 Å². The van der Waals surface area contributed by atoms with Gasteiger partial charge in [-0.25, -0.2) is 4.79 Å². The molecule has 26 heavy (non-hydrogen) atoms. The van der Waals surface area contributed by atoms with Gasteiger partial charge in [0.1, 0.15) is 19.0 Å². The van der Waals surface area contributed by atoms with Gasteiger partial charge >= 0.3 is 5.97 Å². The molecule has 0 heterocycles. The zero-order valence-corrected chi connectivity index (χ0v) is 15.1. The molecule has 0 aliphatic rings. The van der Waals surface area contributed by atoms with Crippen molar-refractivity contribution >= 4 is 5.97 Å². The molecule has 0 saturated carbocycles. The summed E-state index contributed by atoms with van der Waals surface area (Å²) in [6, 6.07) is 9.62. The summed E-state index contributed by atoms with van der Waals surface area (Å²) in [5, 5.41) is 0. The van der Waals surface area contributed by atoms with Crippen LogP contribution in [-0.4, -0.2) is 72.0 Å². The maximum Gasteiger partial charge on any atom is 0.330 e. The molecule has 0 aromatic heterocycles. The molecule has 0 unspecified atom stereocenters. The molecule has 1 rings (SSSR count). The lowest BCUT2D eigenvalue weighted by atomic mass is 10.3. The van der Waals surface area contributed by atoms with Crippen LogP contribution in [0.5, 0.6) is 5.75 Å². The number of benzene rings is 1. The topological polar surface area (TPSA) is 72.5 Å². The van der Waals surface area contributed by atoms with E-state index in [-0.39, 0.29) is 6.61 Å². The van der Waals surface area contributed by atoms with E-state index >= 15 is 0 Å². The van der Waals surface area contributed by atoms with Crippen LogP contribution in [0.2, 0.25) is 0 Å². The van der Waals surface area contributed by atoms with E-state index in [1.54, 1.807) is 0 Å². The predicted octanol–water partition coefficient (Wildman–Crippen LogP) is 1.86. The second kappa shape index (κ2) is 16.5. The standard InChI is InChI=1S/C19H28O7/c1-2-19(20)26-17-15-24-13-11-22-9-8-21-10-12-23-14-16-25-18-6-4-3-5-7-18/h2-7H,1,8-17H2. The summed E-state index contributed by atoms with van der Waals surface area (Å²) in [7, 11) is 0. The van der Waals surface area contributed by atoms with E-state index in [9.17, 15) is 4.79 Å². The van der Waals surface area contributed by atoms with Crippen molar-refractivity contribution in [2.24, 2.45) is 0 Å². The van der Waals surface area contributed by atoms with Crippen molar-refractivity contribution in [3.8, 4) is 5.75 Å². The van der Waals surface area contributed by atoms with Crippen LogP contribution in [-0.2, 0) is 28.5 Å². The largest absolute Gasteiger partial charge is 0.491 e. The lowest BCUT2D eigenvalue weighted by molar-refractivity contribution is -0.139. The van der Waals surface area contributed by atoms with E-state index in [2.05, 4.69) is 6.58 Å². The third-order valence-electron chi connectivity index (χ3n) is 2.99. The Bertz CT molecular complexity index is 464. The Labute approximate surface area is 154 Å². The number of carbonyl (C=O) groups excluding carboxylic acids is 1.